The number of hydrogen-bond acceptors (Lipinski definition) is 6. The zero-order valence-corrected chi connectivity index (χ0v) is 17.5. The Morgan fingerprint density at radius 1 is 1.00 bits per heavy atom. The molecule has 2 unspecified atom stereocenters. The predicted octanol–water partition coefficient (Wildman–Crippen LogP) is 1.06. The maximum atomic E-state index is 13.0. The van der Waals surface area contributed by atoms with Gasteiger partial charge in [0, 0.05) is 38.5 Å². The van der Waals surface area contributed by atoms with Gasteiger partial charge in [0.15, 0.2) is 0 Å². The van der Waals surface area contributed by atoms with Crippen molar-refractivity contribution >= 4 is 23.6 Å². The molecule has 1 saturated heterocycles. The van der Waals surface area contributed by atoms with Crippen LogP contribution in [0.2, 0.25) is 0 Å². The summed E-state index contributed by atoms with van der Waals surface area (Å²) in [6.07, 6.45) is 0.263. The molecule has 164 valence electrons. The molecule has 3 aliphatic rings. The monoisotopic (exact) mass is 432 g/mol. The Hall–Kier alpha value is -3.36. The van der Waals surface area contributed by atoms with Gasteiger partial charge in [-0.3, -0.25) is 29.4 Å². The van der Waals surface area contributed by atoms with E-state index in [1.807, 2.05) is 6.07 Å². The topological polar surface area (TPSA) is 108 Å². The normalized spacial score (nSPS) is 22.6. The van der Waals surface area contributed by atoms with Crippen LogP contribution in [0.1, 0.15) is 56.2 Å². The molecule has 0 aromatic heterocycles. The molecule has 0 aliphatic carbocycles. The maximum Gasteiger partial charge on any atom is 0.262 e. The molecule has 5 rings (SSSR count). The number of benzene rings is 2. The second-order valence-corrected chi connectivity index (χ2v) is 8.48. The zero-order chi connectivity index (χ0) is 22.2. The fourth-order valence-corrected chi connectivity index (χ4v) is 4.79. The average molecular weight is 432 g/mol. The molecule has 3 N–H and O–H groups in total. The van der Waals surface area contributed by atoms with E-state index in [9.17, 15) is 19.2 Å². The number of nitrogens with one attached hydrogen (secondary N) is 3. The first-order valence-corrected chi connectivity index (χ1v) is 10.9. The van der Waals surface area contributed by atoms with Crippen LogP contribution in [0, 0.1) is 0 Å². The van der Waals surface area contributed by atoms with E-state index in [1.165, 1.54) is 11.1 Å². The summed E-state index contributed by atoms with van der Waals surface area (Å²) in [7, 11) is 0. The average Bonchev–Trinajstić information content (AvgIpc) is 3.04. The van der Waals surface area contributed by atoms with Gasteiger partial charge in [-0.15, -0.1) is 0 Å². The van der Waals surface area contributed by atoms with Crippen LogP contribution in [0.25, 0.3) is 0 Å². The van der Waals surface area contributed by atoms with Crippen molar-refractivity contribution in [3.05, 3.63) is 70.3 Å². The van der Waals surface area contributed by atoms with Gasteiger partial charge in [-0.2, -0.15) is 0 Å². The lowest BCUT2D eigenvalue weighted by Crippen LogP contribution is -2.54. The lowest BCUT2D eigenvalue weighted by Gasteiger charge is -2.27. The molecule has 2 atom stereocenters. The molecule has 0 radical (unpaired) electrons. The summed E-state index contributed by atoms with van der Waals surface area (Å²) in [4.78, 5) is 50.3. The number of hydrogen-bond donors (Lipinski definition) is 3. The summed E-state index contributed by atoms with van der Waals surface area (Å²) >= 11 is 0. The van der Waals surface area contributed by atoms with Crippen LogP contribution in [0.3, 0.4) is 0 Å². The lowest BCUT2D eigenvalue weighted by atomic mass is 9.91. The minimum absolute atomic E-state index is 0.109. The molecule has 0 bridgehead atoms. The third-order valence-corrected chi connectivity index (χ3v) is 6.43. The molecule has 3 heterocycles. The van der Waals surface area contributed by atoms with Crippen molar-refractivity contribution in [1.82, 2.24) is 20.9 Å². The highest BCUT2D eigenvalue weighted by molar-refractivity contribution is 6.23. The molecule has 8 nitrogen and oxygen atoms in total. The third-order valence-electron chi connectivity index (χ3n) is 6.43. The number of rotatable bonds is 5. The maximum absolute atomic E-state index is 13.0. The van der Waals surface area contributed by atoms with Crippen LogP contribution in [-0.2, 0) is 22.7 Å². The Kier molecular flexibility index (Phi) is 5.32. The first kappa shape index (κ1) is 20.5. The fourth-order valence-electron chi connectivity index (χ4n) is 4.79. The number of amides is 4. The Balaban J connectivity index is 1.26. The standard InChI is InChI=1S/C24H24N4O4/c29-21-8-7-20(22(30)27-21)28-23(31)18-6-5-14(9-19(18)24(28)32)10-25-12-16-13-26-11-15-3-1-2-4-17(15)16/h1-6,9,16,20,25-26H,7-8,10-13H2,(H,27,29,30). The largest absolute Gasteiger partial charge is 0.312 e. The van der Waals surface area contributed by atoms with Gasteiger partial charge in [-0.25, -0.2) is 0 Å². The van der Waals surface area contributed by atoms with Crippen LogP contribution in [-0.4, -0.2) is 47.7 Å². The number of imide groups is 2. The molecule has 3 aliphatic heterocycles. The van der Waals surface area contributed by atoms with Gasteiger partial charge in [0.25, 0.3) is 11.8 Å². The van der Waals surface area contributed by atoms with Crippen molar-refractivity contribution < 1.29 is 19.2 Å². The van der Waals surface area contributed by atoms with E-state index in [0.717, 1.165) is 30.1 Å². The van der Waals surface area contributed by atoms with E-state index < -0.39 is 23.8 Å². The summed E-state index contributed by atoms with van der Waals surface area (Å²) in [6, 6.07) is 12.7. The second kappa shape index (κ2) is 8.29. The van der Waals surface area contributed by atoms with Gasteiger partial charge in [-0.1, -0.05) is 30.3 Å². The van der Waals surface area contributed by atoms with Gasteiger partial charge in [0.1, 0.15) is 6.04 Å². The highest BCUT2D eigenvalue weighted by atomic mass is 16.2. The SMILES string of the molecule is O=C1CCC(N2C(=O)c3ccc(CNCC4CNCc5ccccc54)cc3C2=O)C(=O)N1. The Morgan fingerprint density at radius 3 is 2.66 bits per heavy atom. The van der Waals surface area contributed by atoms with E-state index in [1.54, 1.807) is 12.1 Å². The molecule has 32 heavy (non-hydrogen) atoms. The van der Waals surface area contributed by atoms with E-state index in [0.29, 0.717) is 23.6 Å². The third kappa shape index (κ3) is 3.61. The molecule has 1 fully saturated rings. The smallest absolute Gasteiger partial charge is 0.262 e. The first-order chi connectivity index (χ1) is 15.5. The van der Waals surface area contributed by atoms with Crippen molar-refractivity contribution in [2.45, 2.75) is 37.9 Å². The quantitative estimate of drug-likeness (QED) is 0.610. The molecule has 2 aromatic carbocycles. The summed E-state index contributed by atoms with van der Waals surface area (Å²) in [6.45, 7) is 3.14. The molecule has 2 aromatic rings. The van der Waals surface area contributed by atoms with Crippen LogP contribution in [0.5, 0.6) is 0 Å². The van der Waals surface area contributed by atoms with Gasteiger partial charge in [0.2, 0.25) is 11.8 Å². The first-order valence-electron chi connectivity index (χ1n) is 10.9. The van der Waals surface area contributed by atoms with Gasteiger partial charge in [0.05, 0.1) is 11.1 Å². The van der Waals surface area contributed by atoms with Gasteiger partial charge < -0.3 is 10.6 Å². The number of carbonyl (C=O) groups excluding carboxylic acids is 4. The lowest BCUT2D eigenvalue weighted by molar-refractivity contribution is -0.136. The molecular weight excluding hydrogens is 408 g/mol. The van der Waals surface area contributed by atoms with Crippen molar-refractivity contribution in [2.75, 3.05) is 13.1 Å². The summed E-state index contributed by atoms with van der Waals surface area (Å²) in [5, 5.41) is 9.12. The van der Waals surface area contributed by atoms with Crippen LogP contribution >= 0.6 is 0 Å². The van der Waals surface area contributed by atoms with E-state index in [-0.39, 0.29) is 18.7 Å². The van der Waals surface area contributed by atoms with Crippen molar-refractivity contribution in [1.29, 1.82) is 0 Å². The summed E-state index contributed by atoms with van der Waals surface area (Å²) in [5.74, 6) is -1.58. The second-order valence-electron chi connectivity index (χ2n) is 8.48. The van der Waals surface area contributed by atoms with Crippen molar-refractivity contribution in [2.24, 2.45) is 0 Å². The highest BCUT2D eigenvalue weighted by Gasteiger charge is 2.44. The minimum Gasteiger partial charge on any atom is -0.312 e. The van der Waals surface area contributed by atoms with Gasteiger partial charge >= 0.3 is 0 Å². The van der Waals surface area contributed by atoms with Crippen LogP contribution in [0.4, 0.5) is 0 Å². The zero-order valence-electron chi connectivity index (χ0n) is 17.5. The summed E-state index contributed by atoms with van der Waals surface area (Å²) in [5.41, 5.74) is 4.18. The van der Waals surface area contributed by atoms with E-state index >= 15 is 0 Å². The highest BCUT2D eigenvalue weighted by Crippen LogP contribution is 2.28. The van der Waals surface area contributed by atoms with Crippen molar-refractivity contribution in [3.8, 4) is 0 Å². The molecule has 0 saturated carbocycles. The van der Waals surface area contributed by atoms with Crippen LogP contribution < -0.4 is 16.0 Å². The molecular formula is C24H24N4O4. The predicted molar refractivity (Wildman–Crippen MR) is 116 cm³/mol. The fraction of sp³-hybridized carbons (Fsp3) is 0.333. The Morgan fingerprint density at radius 2 is 1.81 bits per heavy atom. The number of carbonyl (C=O) groups is 4. The summed E-state index contributed by atoms with van der Waals surface area (Å²) < 4.78 is 0. The number of nitrogens with zero attached hydrogens (tertiary/aromatic N) is 1. The molecule has 8 heteroatoms. The van der Waals surface area contributed by atoms with E-state index in [4.69, 9.17) is 0 Å². The molecule has 0 spiro atoms. The number of fused-ring (bicyclic) bond motifs is 2. The van der Waals surface area contributed by atoms with E-state index in [2.05, 4.69) is 40.2 Å². The minimum atomic E-state index is -0.944. The van der Waals surface area contributed by atoms with Crippen LogP contribution in [0.15, 0.2) is 42.5 Å². The Labute approximate surface area is 185 Å². The number of piperidine rings is 1. The van der Waals surface area contributed by atoms with Crippen molar-refractivity contribution in [3.63, 3.8) is 0 Å². The van der Waals surface area contributed by atoms with Gasteiger partial charge in [-0.05, 0) is 35.2 Å². The Bertz CT molecular complexity index is 1130. The molecule has 4 amide bonds.